The van der Waals surface area contributed by atoms with Gasteiger partial charge in [0.15, 0.2) is 17.2 Å². The van der Waals surface area contributed by atoms with Crippen LogP contribution in [0.1, 0.15) is 18.4 Å². The van der Waals surface area contributed by atoms with Crippen molar-refractivity contribution in [1.29, 1.82) is 0 Å². The van der Waals surface area contributed by atoms with E-state index in [4.69, 9.17) is 0 Å². The minimum absolute atomic E-state index is 0.0599. The Morgan fingerprint density at radius 3 is 2.68 bits per heavy atom. The number of nitrogens with zero attached hydrogens (tertiary/aromatic N) is 1. The molecule has 140 valence electrons. The lowest BCUT2D eigenvalue weighted by atomic mass is 9.91. The van der Waals surface area contributed by atoms with Gasteiger partial charge in [-0.25, -0.2) is 17.2 Å². The van der Waals surface area contributed by atoms with Crippen LogP contribution in [0.3, 0.4) is 0 Å². The standard InChI is InChI=1S/C16H22F2N2O4S/c1-25(23,24)8-6-19-11-16(22)5-2-7-20(15(16)21)10-12-3-4-13(17)14(18)9-12/h3-4,9,19,22H,2,5-8,10-11H2,1H3/t16-/m1/s1. The van der Waals surface area contributed by atoms with E-state index in [-0.39, 0.29) is 31.8 Å². The predicted molar refractivity (Wildman–Crippen MR) is 88.5 cm³/mol. The van der Waals surface area contributed by atoms with Crippen molar-refractivity contribution in [2.75, 3.05) is 31.6 Å². The molecule has 6 nitrogen and oxygen atoms in total. The lowest BCUT2D eigenvalue weighted by molar-refractivity contribution is -0.157. The van der Waals surface area contributed by atoms with E-state index in [1.807, 2.05) is 0 Å². The van der Waals surface area contributed by atoms with E-state index in [2.05, 4.69) is 5.32 Å². The summed E-state index contributed by atoms with van der Waals surface area (Å²) in [5, 5.41) is 13.4. The zero-order chi connectivity index (χ0) is 18.7. The van der Waals surface area contributed by atoms with E-state index in [1.54, 1.807) is 0 Å². The van der Waals surface area contributed by atoms with Crippen molar-refractivity contribution in [2.24, 2.45) is 0 Å². The highest BCUT2D eigenvalue weighted by atomic mass is 32.2. The molecule has 1 aromatic carbocycles. The van der Waals surface area contributed by atoms with Gasteiger partial charge >= 0.3 is 0 Å². The van der Waals surface area contributed by atoms with E-state index in [0.717, 1.165) is 18.4 Å². The van der Waals surface area contributed by atoms with Gasteiger partial charge in [0.2, 0.25) is 0 Å². The molecule has 0 unspecified atom stereocenters. The van der Waals surface area contributed by atoms with Gasteiger partial charge < -0.3 is 15.3 Å². The molecule has 9 heteroatoms. The highest BCUT2D eigenvalue weighted by molar-refractivity contribution is 7.90. The van der Waals surface area contributed by atoms with Gasteiger partial charge in [-0.15, -0.1) is 0 Å². The molecule has 1 amide bonds. The molecule has 2 rings (SSSR count). The Labute approximate surface area is 145 Å². The van der Waals surface area contributed by atoms with E-state index in [1.165, 1.54) is 11.0 Å². The molecule has 25 heavy (non-hydrogen) atoms. The fraction of sp³-hybridized carbons (Fsp3) is 0.562. The van der Waals surface area contributed by atoms with Crippen molar-refractivity contribution in [3.05, 3.63) is 35.4 Å². The van der Waals surface area contributed by atoms with Gasteiger partial charge in [0.25, 0.3) is 5.91 Å². The van der Waals surface area contributed by atoms with Crippen LogP contribution >= 0.6 is 0 Å². The molecule has 0 bridgehead atoms. The van der Waals surface area contributed by atoms with Crippen molar-refractivity contribution < 1.29 is 27.1 Å². The minimum atomic E-state index is -3.13. The number of nitrogens with one attached hydrogen (secondary N) is 1. The lowest BCUT2D eigenvalue weighted by Gasteiger charge is -2.38. The molecule has 1 fully saturated rings. The highest BCUT2D eigenvalue weighted by Crippen LogP contribution is 2.24. The number of benzene rings is 1. The zero-order valence-electron chi connectivity index (χ0n) is 14.0. The third-order valence-corrected chi connectivity index (χ3v) is 5.07. The van der Waals surface area contributed by atoms with Gasteiger partial charge in [-0.2, -0.15) is 0 Å². The summed E-state index contributed by atoms with van der Waals surface area (Å²) in [6.45, 7) is 0.554. The third kappa shape index (κ3) is 5.45. The number of carbonyl (C=O) groups is 1. The summed E-state index contributed by atoms with van der Waals surface area (Å²) in [5.41, 5.74) is -1.20. The number of aliphatic hydroxyl groups is 1. The second-order valence-electron chi connectivity index (χ2n) is 6.42. The third-order valence-electron chi connectivity index (χ3n) is 4.13. The molecular weight excluding hydrogens is 354 g/mol. The molecule has 0 aliphatic carbocycles. The van der Waals surface area contributed by atoms with Crippen LogP contribution in [0.15, 0.2) is 18.2 Å². The number of likely N-dealkylation sites (tertiary alicyclic amines) is 1. The van der Waals surface area contributed by atoms with Gasteiger partial charge in [-0.3, -0.25) is 4.79 Å². The minimum Gasteiger partial charge on any atom is -0.379 e. The topological polar surface area (TPSA) is 86.7 Å². The maximum Gasteiger partial charge on any atom is 0.256 e. The van der Waals surface area contributed by atoms with Crippen LogP contribution in [0.4, 0.5) is 8.78 Å². The first kappa shape index (κ1) is 19.7. The largest absolute Gasteiger partial charge is 0.379 e. The zero-order valence-corrected chi connectivity index (χ0v) is 14.8. The van der Waals surface area contributed by atoms with E-state index in [9.17, 15) is 27.1 Å². The normalized spacial score (nSPS) is 21.6. The fourth-order valence-corrected chi connectivity index (χ4v) is 3.31. The van der Waals surface area contributed by atoms with Crippen LogP contribution in [0.5, 0.6) is 0 Å². The van der Waals surface area contributed by atoms with Crippen LogP contribution in [-0.2, 0) is 21.2 Å². The molecule has 2 N–H and O–H groups in total. The number of hydrogen-bond acceptors (Lipinski definition) is 5. The average Bonchev–Trinajstić information content (AvgIpc) is 2.51. The molecule has 0 saturated carbocycles. The van der Waals surface area contributed by atoms with Crippen molar-refractivity contribution in [3.63, 3.8) is 0 Å². The number of carbonyl (C=O) groups excluding carboxylic acids is 1. The summed E-state index contributed by atoms with van der Waals surface area (Å²) < 4.78 is 48.5. The molecule has 1 aliphatic rings. The van der Waals surface area contributed by atoms with E-state index >= 15 is 0 Å². The number of piperidine rings is 1. The van der Waals surface area contributed by atoms with Crippen molar-refractivity contribution >= 4 is 15.7 Å². The van der Waals surface area contributed by atoms with Crippen molar-refractivity contribution in [3.8, 4) is 0 Å². The number of amides is 1. The van der Waals surface area contributed by atoms with Crippen LogP contribution in [0, 0.1) is 11.6 Å². The second kappa shape index (κ2) is 7.76. The second-order valence-corrected chi connectivity index (χ2v) is 8.68. The van der Waals surface area contributed by atoms with Gasteiger partial charge in [0.1, 0.15) is 9.84 Å². The summed E-state index contributed by atoms with van der Waals surface area (Å²) in [4.78, 5) is 13.9. The van der Waals surface area contributed by atoms with Gasteiger partial charge in [-0.05, 0) is 30.5 Å². The van der Waals surface area contributed by atoms with Crippen molar-refractivity contribution in [2.45, 2.75) is 25.0 Å². The number of hydrogen-bond donors (Lipinski definition) is 2. The number of sulfone groups is 1. The first-order chi connectivity index (χ1) is 11.6. The van der Waals surface area contributed by atoms with Gasteiger partial charge in [0, 0.05) is 32.4 Å². The molecule has 1 aliphatic heterocycles. The molecule has 0 spiro atoms. The molecule has 1 saturated heterocycles. The van der Waals surface area contributed by atoms with E-state index < -0.39 is 33.0 Å². The van der Waals surface area contributed by atoms with Crippen LogP contribution in [-0.4, -0.2) is 61.6 Å². The quantitative estimate of drug-likeness (QED) is 0.675. The Morgan fingerprint density at radius 2 is 2.04 bits per heavy atom. The van der Waals surface area contributed by atoms with Crippen LogP contribution < -0.4 is 5.32 Å². The summed E-state index contributed by atoms with van der Waals surface area (Å²) in [5.74, 6) is -2.54. The van der Waals surface area contributed by atoms with Crippen LogP contribution in [0.2, 0.25) is 0 Å². The molecule has 1 aromatic rings. The maximum atomic E-state index is 13.3. The molecular formula is C16H22F2N2O4S. The summed E-state index contributed by atoms with van der Waals surface area (Å²) in [7, 11) is -3.13. The molecule has 0 aromatic heterocycles. The maximum absolute atomic E-state index is 13.3. The predicted octanol–water partition coefficient (Wildman–Crippen LogP) is 0.452. The molecule has 1 heterocycles. The fourth-order valence-electron chi connectivity index (χ4n) is 2.79. The molecule has 0 radical (unpaired) electrons. The first-order valence-electron chi connectivity index (χ1n) is 7.95. The summed E-state index contributed by atoms with van der Waals surface area (Å²) >= 11 is 0. The Hall–Kier alpha value is -1.58. The lowest BCUT2D eigenvalue weighted by Crippen LogP contribution is -2.58. The number of rotatable bonds is 7. The summed E-state index contributed by atoms with van der Waals surface area (Å²) in [6, 6.07) is 3.42. The Morgan fingerprint density at radius 1 is 1.32 bits per heavy atom. The van der Waals surface area contributed by atoms with Crippen LogP contribution in [0.25, 0.3) is 0 Å². The average molecular weight is 376 g/mol. The Balaban J connectivity index is 1.97. The monoisotopic (exact) mass is 376 g/mol. The summed E-state index contributed by atoms with van der Waals surface area (Å²) in [6.07, 6.45) is 1.92. The van der Waals surface area contributed by atoms with E-state index in [0.29, 0.717) is 18.5 Å². The van der Waals surface area contributed by atoms with Crippen molar-refractivity contribution in [1.82, 2.24) is 10.2 Å². The first-order valence-corrected chi connectivity index (χ1v) is 10.0. The van der Waals surface area contributed by atoms with Gasteiger partial charge in [0.05, 0.1) is 5.75 Å². The Bertz CT molecular complexity index is 742. The smallest absolute Gasteiger partial charge is 0.256 e. The van der Waals surface area contributed by atoms with Gasteiger partial charge in [-0.1, -0.05) is 6.07 Å². The highest BCUT2D eigenvalue weighted by Gasteiger charge is 2.41. The number of halogens is 2. The Kier molecular flexibility index (Phi) is 6.12. The molecule has 1 atom stereocenters. The SMILES string of the molecule is CS(=O)(=O)CCNC[C@]1(O)CCCN(Cc2ccc(F)c(F)c2)C1=O.